The Hall–Kier alpha value is -0.890. The van der Waals surface area contributed by atoms with Gasteiger partial charge < -0.3 is 4.74 Å². The topological polar surface area (TPSA) is 22.1 Å². The van der Waals surface area contributed by atoms with Gasteiger partial charge in [0.25, 0.3) is 0 Å². The van der Waals surface area contributed by atoms with Gasteiger partial charge in [0.1, 0.15) is 6.10 Å². The summed E-state index contributed by atoms with van der Waals surface area (Å²) < 4.78 is 5.86. The van der Waals surface area contributed by atoms with Crippen LogP contribution in [-0.2, 0) is 17.8 Å². The fourth-order valence-electron chi connectivity index (χ4n) is 2.97. The van der Waals surface area contributed by atoms with Gasteiger partial charge in [-0.15, -0.1) is 0 Å². The van der Waals surface area contributed by atoms with Crippen LogP contribution in [0.4, 0.5) is 0 Å². The lowest BCUT2D eigenvalue weighted by Crippen LogP contribution is -1.99. The molecule has 0 amide bonds. The van der Waals surface area contributed by atoms with E-state index in [0.29, 0.717) is 0 Å². The van der Waals surface area contributed by atoms with Crippen molar-refractivity contribution < 1.29 is 4.74 Å². The summed E-state index contributed by atoms with van der Waals surface area (Å²) in [5.41, 5.74) is 3.95. The van der Waals surface area contributed by atoms with Crippen molar-refractivity contribution in [3.8, 4) is 0 Å². The number of hydrogen-bond donors (Lipinski definition) is 0. The Morgan fingerprint density at radius 1 is 1.06 bits per heavy atom. The minimum absolute atomic E-state index is 0.278. The molecule has 0 spiro atoms. The Morgan fingerprint density at radius 3 is 2.82 bits per heavy atom. The van der Waals surface area contributed by atoms with Crippen LogP contribution in [0.3, 0.4) is 0 Å². The molecule has 3 aliphatic rings. The molecule has 4 rings (SSSR count). The average Bonchev–Trinajstić information content (AvgIpc) is 2.76. The first-order chi connectivity index (χ1) is 8.43. The highest BCUT2D eigenvalue weighted by Crippen LogP contribution is 2.33. The van der Waals surface area contributed by atoms with Gasteiger partial charge in [0.15, 0.2) is 0 Å². The highest BCUT2D eigenvalue weighted by Gasteiger charge is 2.24. The molecule has 0 unspecified atom stereocenters. The summed E-state index contributed by atoms with van der Waals surface area (Å²) >= 11 is 0. The highest BCUT2D eigenvalue weighted by atomic mass is 16.5. The van der Waals surface area contributed by atoms with E-state index in [-0.39, 0.29) is 6.10 Å². The minimum atomic E-state index is 0.278. The molecule has 0 N–H and O–H groups in total. The Kier molecular flexibility index (Phi) is 3.41. The SMILES string of the molecule is c1nc2c3cc1CCCCCCCC[C@H]2OC3. The zero-order chi connectivity index (χ0) is 11.5. The van der Waals surface area contributed by atoms with E-state index < -0.39 is 0 Å². The molecule has 4 bridgehead atoms. The fraction of sp³-hybridized carbons (Fsp3) is 0.667. The molecule has 0 fully saturated rings. The summed E-state index contributed by atoms with van der Waals surface area (Å²) in [5, 5.41) is 0. The molecule has 1 aromatic rings. The molecule has 1 atom stereocenters. The largest absolute Gasteiger partial charge is 0.367 e. The molecule has 0 radical (unpaired) electrons. The smallest absolute Gasteiger partial charge is 0.100 e. The first kappa shape index (κ1) is 11.2. The van der Waals surface area contributed by atoms with E-state index in [2.05, 4.69) is 17.2 Å². The molecule has 2 aliphatic heterocycles. The van der Waals surface area contributed by atoms with Crippen molar-refractivity contribution in [3.63, 3.8) is 0 Å². The van der Waals surface area contributed by atoms with Gasteiger partial charge in [0.2, 0.25) is 0 Å². The van der Waals surface area contributed by atoms with Gasteiger partial charge in [0, 0.05) is 11.8 Å². The molecule has 2 heteroatoms. The number of aryl methyl sites for hydroxylation is 1. The van der Waals surface area contributed by atoms with Gasteiger partial charge in [-0.25, -0.2) is 0 Å². The lowest BCUT2D eigenvalue weighted by Gasteiger charge is -2.09. The summed E-state index contributed by atoms with van der Waals surface area (Å²) in [6, 6.07) is 2.32. The Balaban J connectivity index is 1.82. The molecule has 0 saturated heterocycles. The summed E-state index contributed by atoms with van der Waals surface area (Å²) in [5.74, 6) is 0. The average molecular weight is 231 g/mol. The molecule has 1 aromatic heterocycles. The molecule has 1 aliphatic carbocycles. The maximum Gasteiger partial charge on any atom is 0.100 e. The van der Waals surface area contributed by atoms with E-state index in [4.69, 9.17) is 4.74 Å². The molecule has 17 heavy (non-hydrogen) atoms. The van der Waals surface area contributed by atoms with Crippen LogP contribution in [0, 0.1) is 0 Å². The lowest BCUT2D eigenvalue weighted by molar-refractivity contribution is 0.0564. The van der Waals surface area contributed by atoms with Crippen molar-refractivity contribution in [3.05, 3.63) is 29.1 Å². The number of pyridine rings is 1. The molecule has 0 saturated carbocycles. The van der Waals surface area contributed by atoms with Gasteiger partial charge in [-0.2, -0.15) is 0 Å². The lowest BCUT2D eigenvalue weighted by atomic mass is 10.0. The molecular weight excluding hydrogens is 210 g/mol. The van der Waals surface area contributed by atoms with E-state index in [0.717, 1.165) is 13.0 Å². The second-order valence-corrected chi connectivity index (χ2v) is 5.35. The second-order valence-electron chi connectivity index (χ2n) is 5.35. The van der Waals surface area contributed by atoms with Crippen LogP contribution in [-0.4, -0.2) is 4.98 Å². The van der Waals surface area contributed by atoms with Crippen molar-refractivity contribution >= 4 is 0 Å². The minimum Gasteiger partial charge on any atom is -0.367 e. The molecule has 2 nitrogen and oxygen atoms in total. The van der Waals surface area contributed by atoms with Gasteiger partial charge in [-0.3, -0.25) is 4.98 Å². The fourth-order valence-corrected chi connectivity index (χ4v) is 2.97. The van der Waals surface area contributed by atoms with Crippen molar-refractivity contribution in [1.29, 1.82) is 0 Å². The number of hydrogen-bond acceptors (Lipinski definition) is 2. The van der Waals surface area contributed by atoms with E-state index >= 15 is 0 Å². The van der Waals surface area contributed by atoms with Crippen LogP contribution >= 0.6 is 0 Å². The highest BCUT2D eigenvalue weighted by molar-refractivity contribution is 5.29. The quantitative estimate of drug-likeness (QED) is 0.674. The number of ether oxygens (including phenoxy) is 1. The molecular formula is C15H21NO. The third-order valence-electron chi connectivity index (χ3n) is 3.98. The number of nitrogens with zero attached hydrogens (tertiary/aromatic N) is 1. The summed E-state index contributed by atoms with van der Waals surface area (Å²) in [4.78, 5) is 4.64. The van der Waals surface area contributed by atoms with Crippen LogP contribution in [0.1, 0.15) is 67.9 Å². The van der Waals surface area contributed by atoms with Crippen LogP contribution in [0.5, 0.6) is 0 Å². The Morgan fingerprint density at radius 2 is 1.88 bits per heavy atom. The zero-order valence-electron chi connectivity index (χ0n) is 10.5. The summed E-state index contributed by atoms with van der Waals surface area (Å²) in [6.45, 7) is 0.779. The monoisotopic (exact) mass is 231 g/mol. The first-order valence-electron chi connectivity index (χ1n) is 7.03. The maximum atomic E-state index is 5.86. The van der Waals surface area contributed by atoms with E-state index in [1.807, 2.05) is 0 Å². The molecule has 0 aromatic carbocycles. The summed E-state index contributed by atoms with van der Waals surface area (Å²) in [6.07, 6.45) is 12.8. The maximum absolute atomic E-state index is 5.86. The molecule has 92 valence electrons. The third kappa shape index (κ3) is 2.52. The number of fused-ring (bicyclic) bond motifs is 8. The van der Waals surface area contributed by atoms with E-state index in [9.17, 15) is 0 Å². The van der Waals surface area contributed by atoms with Gasteiger partial charge in [-0.05, 0) is 24.8 Å². The molecule has 3 heterocycles. The van der Waals surface area contributed by atoms with Crippen molar-refractivity contribution in [2.75, 3.05) is 0 Å². The predicted molar refractivity (Wildman–Crippen MR) is 67.8 cm³/mol. The van der Waals surface area contributed by atoms with Gasteiger partial charge in [0.05, 0.1) is 12.3 Å². The van der Waals surface area contributed by atoms with Crippen LogP contribution < -0.4 is 0 Å². The van der Waals surface area contributed by atoms with Crippen molar-refractivity contribution in [1.82, 2.24) is 4.98 Å². The second kappa shape index (κ2) is 5.18. The van der Waals surface area contributed by atoms with E-state index in [1.165, 1.54) is 61.8 Å². The number of rotatable bonds is 0. The van der Waals surface area contributed by atoms with E-state index in [1.54, 1.807) is 0 Å². The third-order valence-corrected chi connectivity index (χ3v) is 3.98. The zero-order valence-corrected chi connectivity index (χ0v) is 10.5. The normalized spacial score (nSPS) is 25.1. The standard InChI is InChI=1S/C15H21NO/c1-2-4-6-8-14-15-13(11-17-14)9-12(10-16-15)7-5-3-1/h9-10,14H,1-8,11H2/t14-/m1/s1. The van der Waals surface area contributed by atoms with Crippen molar-refractivity contribution in [2.45, 2.75) is 64.1 Å². The van der Waals surface area contributed by atoms with Gasteiger partial charge in [-0.1, -0.05) is 38.2 Å². The van der Waals surface area contributed by atoms with Crippen LogP contribution in [0.2, 0.25) is 0 Å². The Bertz CT molecular complexity index is 389. The first-order valence-corrected chi connectivity index (χ1v) is 7.03. The van der Waals surface area contributed by atoms with Crippen LogP contribution in [0.25, 0.3) is 0 Å². The van der Waals surface area contributed by atoms with Gasteiger partial charge >= 0.3 is 0 Å². The summed E-state index contributed by atoms with van der Waals surface area (Å²) in [7, 11) is 0. The predicted octanol–water partition coefficient (Wildman–Crippen LogP) is 3.94. The number of aromatic nitrogens is 1. The van der Waals surface area contributed by atoms with Crippen molar-refractivity contribution in [2.24, 2.45) is 0 Å². The Labute approximate surface area is 103 Å². The van der Waals surface area contributed by atoms with Crippen LogP contribution in [0.15, 0.2) is 12.3 Å².